The maximum atomic E-state index is 11.6. The molecule has 0 fully saturated rings. The maximum Gasteiger partial charge on any atom is 0.277 e. The molecule has 0 unspecified atom stereocenters. The van der Waals surface area contributed by atoms with Gasteiger partial charge in [0.05, 0.1) is 13.3 Å². The molecule has 2 aromatic rings. The third kappa shape index (κ3) is 4.63. The van der Waals surface area contributed by atoms with E-state index in [1.165, 1.54) is 6.21 Å². The molecule has 1 amide bonds. The second-order valence-corrected chi connectivity index (χ2v) is 4.64. The lowest BCUT2D eigenvalue weighted by molar-refractivity contribution is -0.123. The van der Waals surface area contributed by atoms with Crippen molar-refractivity contribution in [2.45, 2.75) is 6.92 Å². The van der Waals surface area contributed by atoms with E-state index in [9.17, 15) is 4.79 Å². The quantitative estimate of drug-likeness (QED) is 0.658. The average molecular weight is 298 g/mol. The summed E-state index contributed by atoms with van der Waals surface area (Å²) < 4.78 is 10.5. The van der Waals surface area contributed by atoms with Crippen LogP contribution in [0.4, 0.5) is 0 Å². The number of ether oxygens (including phenoxy) is 2. The van der Waals surface area contributed by atoms with Gasteiger partial charge >= 0.3 is 0 Å². The number of methoxy groups -OCH3 is 1. The Labute approximate surface area is 129 Å². The van der Waals surface area contributed by atoms with Gasteiger partial charge in [-0.2, -0.15) is 5.10 Å². The molecule has 2 aromatic carbocycles. The highest BCUT2D eigenvalue weighted by atomic mass is 16.5. The van der Waals surface area contributed by atoms with E-state index in [-0.39, 0.29) is 12.5 Å². The number of aryl methyl sites for hydroxylation is 1. The monoisotopic (exact) mass is 298 g/mol. The van der Waals surface area contributed by atoms with Crippen molar-refractivity contribution in [3.05, 3.63) is 59.7 Å². The molecule has 1 N–H and O–H groups in total. The number of benzene rings is 2. The molecule has 114 valence electrons. The van der Waals surface area contributed by atoms with Crippen molar-refractivity contribution in [2.75, 3.05) is 13.7 Å². The summed E-state index contributed by atoms with van der Waals surface area (Å²) in [4.78, 5) is 11.6. The number of carbonyl (C=O) groups excluding carboxylic acids is 1. The average Bonchev–Trinajstić information content (AvgIpc) is 2.55. The van der Waals surface area contributed by atoms with Crippen molar-refractivity contribution >= 4 is 12.1 Å². The molecule has 2 rings (SSSR count). The minimum Gasteiger partial charge on any atom is -0.496 e. The van der Waals surface area contributed by atoms with Crippen LogP contribution in [0, 0.1) is 6.92 Å². The highest BCUT2D eigenvalue weighted by Crippen LogP contribution is 2.14. The topological polar surface area (TPSA) is 59.9 Å². The van der Waals surface area contributed by atoms with E-state index in [0.29, 0.717) is 11.5 Å². The molecule has 0 aliphatic rings. The van der Waals surface area contributed by atoms with Crippen LogP contribution in [-0.2, 0) is 4.79 Å². The van der Waals surface area contributed by atoms with Gasteiger partial charge in [-0.3, -0.25) is 4.79 Å². The van der Waals surface area contributed by atoms with Crippen LogP contribution in [0.15, 0.2) is 53.6 Å². The molecule has 0 saturated heterocycles. The van der Waals surface area contributed by atoms with E-state index >= 15 is 0 Å². The standard InChI is InChI=1S/C17H18N2O3/c1-13-7-9-15(10-8-13)22-12-17(20)19-18-11-14-5-3-4-6-16(14)21-2/h3-11H,12H2,1-2H3,(H,19,20). The second-order valence-electron chi connectivity index (χ2n) is 4.64. The lowest BCUT2D eigenvalue weighted by atomic mass is 10.2. The Balaban J connectivity index is 1.82. The summed E-state index contributed by atoms with van der Waals surface area (Å²) in [5.41, 5.74) is 4.33. The smallest absolute Gasteiger partial charge is 0.277 e. The van der Waals surface area contributed by atoms with E-state index in [2.05, 4.69) is 10.5 Å². The fraction of sp³-hybridized carbons (Fsp3) is 0.176. The zero-order chi connectivity index (χ0) is 15.8. The second kappa shape index (κ2) is 7.83. The molecule has 5 heteroatoms. The highest BCUT2D eigenvalue weighted by molar-refractivity contribution is 5.85. The molecule has 0 aromatic heterocycles. The van der Waals surface area contributed by atoms with Crippen molar-refractivity contribution in [3.63, 3.8) is 0 Å². The lowest BCUT2D eigenvalue weighted by Crippen LogP contribution is -2.24. The van der Waals surface area contributed by atoms with Gasteiger partial charge in [-0.25, -0.2) is 5.43 Å². The minimum absolute atomic E-state index is 0.0909. The third-order valence-corrected chi connectivity index (χ3v) is 2.92. The fourth-order valence-electron chi connectivity index (χ4n) is 1.76. The number of hydrazone groups is 1. The van der Waals surface area contributed by atoms with E-state index in [4.69, 9.17) is 9.47 Å². The maximum absolute atomic E-state index is 11.6. The van der Waals surface area contributed by atoms with Crippen LogP contribution in [0.3, 0.4) is 0 Å². The van der Waals surface area contributed by atoms with Crippen LogP contribution >= 0.6 is 0 Å². The summed E-state index contributed by atoms with van der Waals surface area (Å²) in [6.45, 7) is 1.90. The molecule has 0 heterocycles. The molecule has 0 spiro atoms. The third-order valence-electron chi connectivity index (χ3n) is 2.92. The predicted molar refractivity (Wildman–Crippen MR) is 85.4 cm³/mol. The minimum atomic E-state index is -0.327. The number of rotatable bonds is 6. The van der Waals surface area contributed by atoms with Gasteiger partial charge in [0.15, 0.2) is 6.61 Å². The van der Waals surface area contributed by atoms with Gasteiger partial charge in [0, 0.05) is 5.56 Å². The number of hydrogen-bond donors (Lipinski definition) is 1. The van der Waals surface area contributed by atoms with Crippen LogP contribution in [0.25, 0.3) is 0 Å². The van der Waals surface area contributed by atoms with E-state index in [1.807, 2.05) is 55.5 Å². The van der Waals surface area contributed by atoms with Crippen LogP contribution in [0.2, 0.25) is 0 Å². The van der Waals surface area contributed by atoms with Crippen LogP contribution in [0.5, 0.6) is 11.5 Å². The number of nitrogens with one attached hydrogen (secondary N) is 1. The molecule has 0 radical (unpaired) electrons. The molecule has 5 nitrogen and oxygen atoms in total. The zero-order valence-electron chi connectivity index (χ0n) is 12.6. The molecule has 0 saturated carbocycles. The summed E-state index contributed by atoms with van der Waals surface area (Å²) in [5, 5.41) is 3.89. The molecule has 0 aliphatic carbocycles. The van der Waals surface area contributed by atoms with Crippen LogP contribution in [-0.4, -0.2) is 25.8 Å². The fourth-order valence-corrected chi connectivity index (χ4v) is 1.76. The van der Waals surface area contributed by atoms with Crippen molar-refractivity contribution in [1.29, 1.82) is 0 Å². The van der Waals surface area contributed by atoms with Crippen LogP contribution < -0.4 is 14.9 Å². The molecule has 0 bridgehead atoms. The van der Waals surface area contributed by atoms with E-state index in [1.54, 1.807) is 7.11 Å². The number of hydrogen-bond acceptors (Lipinski definition) is 4. The van der Waals surface area contributed by atoms with Crippen molar-refractivity contribution < 1.29 is 14.3 Å². The Morgan fingerprint density at radius 1 is 1.18 bits per heavy atom. The SMILES string of the molecule is COc1ccccc1C=NNC(=O)COc1ccc(C)cc1. The Bertz CT molecular complexity index is 651. The first kappa shape index (κ1) is 15.6. The Kier molecular flexibility index (Phi) is 5.54. The van der Waals surface area contributed by atoms with Gasteiger partial charge in [0.2, 0.25) is 0 Å². The molecule has 22 heavy (non-hydrogen) atoms. The van der Waals surface area contributed by atoms with Crippen molar-refractivity contribution in [3.8, 4) is 11.5 Å². The molecular weight excluding hydrogens is 280 g/mol. The van der Waals surface area contributed by atoms with Gasteiger partial charge in [-0.1, -0.05) is 29.8 Å². The summed E-state index contributed by atoms with van der Waals surface area (Å²) in [5.74, 6) is 1.01. The first-order valence-corrected chi connectivity index (χ1v) is 6.83. The largest absolute Gasteiger partial charge is 0.496 e. The summed E-state index contributed by atoms with van der Waals surface area (Å²) >= 11 is 0. The van der Waals surface area contributed by atoms with Gasteiger partial charge in [0.1, 0.15) is 11.5 Å². The van der Waals surface area contributed by atoms with E-state index in [0.717, 1.165) is 11.1 Å². The van der Waals surface area contributed by atoms with Crippen LogP contribution in [0.1, 0.15) is 11.1 Å². The molecule has 0 atom stereocenters. The van der Waals surface area contributed by atoms with Crippen molar-refractivity contribution in [1.82, 2.24) is 5.43 Å². The number of para-hydroxylation sites is 1. The first-order valence-electron chi connectivity index (χ1n) is 6.83. The number of nitrogens with zero attached hydrogens (tertiary/aromatic N) is 1. The number of carbonyl (C=O) groups is 1. The number of amides is 1. The summed E-state index contributed by atoms with van der Waals surface area (Å²) in [7, 11) is 1.58. The highest BCUT2D eigenvalue weighted by Gasteiger charge is 2.02. The lowest BCUT2D eigenvalue weighted by Gasteiger charge is -2.05. The van der Waals surface area contributed by atoms with Gasteiger partial charge in [0.25, 0.3) is 5.91 Å². The summed E-state index contributed by atoms with van der Waals surface area (Å²) in [6, 6.07) is 14.9. The Morgan fingerprint density at radius 3 is 2.64 bits per heavy atom. The van der Waals surface area contributed by atoms with Gasteiger partial charge in [-0.05, 0) is 31.2 Å². The molecule has 0 aliphatic heterocycles. The van der Waals surface area contributed by atoms with E-state index < -0.39 is 0 Å². The normalized spacial score (nSPS) is 10.5. The van der Waals surface area contributed by atoms with Crippen molar-refractivity contribution in [2.24, 2.45) is 5.10 Å². The summed E-state index contributed by atoms with van der Waals surface area (Å²) in [6.07, 6.45) is 1.53. The predicted octanol–water partition coefficient (Wildman–Crippen LogP) is 2.53. The Hall–Kier alpha value is -2.82. The van der Waals surface area contributed by atoms with Gasteiger partial charge < -0.3 is 9.47 Å². The van der Waals surface area contributed by atoms with Gasteiger partial charge in [-0.15, -0.1) is 0 Å². The first-order chi connectivity index (χ1) is 10.7. The Morgan fingerprint density at radius 2 is 1.91 bits per heavy atom. The molecular formula is C17H18N2O3. The zero-order valence-corrected chi connectivity index (χ0v) is 12.6.